The molecule has 2 saturated heterocycles. The molecule has 0 aliphatic carbocycles. The van der Waals surface area contributed by atoms with Crippen molar-refractivity contribution < 1.29 is 63.9 Å². The number of rotatable bonds is 9. The van der Waals surface area contributed by atoms with Gasteiger partial charge >= 0.3 is 5.97 Å². The molecule has 13 nitrogen and oxygen atoms in total. The smallest absolute Gasteiger partial charge is 0.373 e. The van der Waals surface area contributed by atoms with E-state index in [1.54, 1.807) is 39.8 Å². The summed E-state index contributed by atoms with van der Waals surface area (Å²) in [7, 11) is 2.82. The summed E-state index contributed by atoms with van der Waals surface area (Å²) in [5.41, 5.74) is 1.60. The standard InChI is InChI=1S/C44H72O13/c1-13-15-33-27(6)36(55-37-21-32(45)41(49)31(10)54-37)22-44(51,57-33)30(9)40(48)29(8)42-34(52-11)17-14-16-23(2)18-25(4)38(46)28(7)39(47)26(5)19-24(3)20-35(53-12)43(50)56-42/h13-17,19-20,25-34,36-42,45-49,51H,18,21-22H2,1-12H3/b15-13+,17-14+,23-16+,24-19+,35-20-/t25-,26-,27-,28+,29+,30+,31-,32-,33-,34+,36+,37+,38+,39-,40-,41-,42-,44-/m1/s1. The molecule has 0 spiro atoms. The number of carbonyl (C=O) groups excluding carboxylic acids is 1. The lowest BCUT2D eigenvalue weighted by Gasteiger charge is -2.49. The van der Waals surface area contributed by atoms with Crippen molar-refractivity contribution in [3.63, 3.8) is 0 Å². The number of hydrogen-bond donors (Lipinski definition) is 6. The Bertz CT molecular complexity index is 1430. The Balaban J connectivity index is 2.01. The van der Waals surface area contributed by atoms with Crippen LogP contribution in [0.15, 0.2) is 59.4 Å². The molecule has 3 rings (SSSR count). The third kappa shape index (κ3) is 12.5. The Morgan fingerprint density at radius 2 is 1.65 bits per heavy atom. The van der Waals surface area contributed by atoms with Crippen LogP contribution in [-0.2, 0) is 33.2 Å². The molecule has 2 fully saturated rings. The normalized spacial score (nSPS) is 44.5. The van der Waals surface area contributed by atoms with Crippen LogP contribution in [0, 0.1) is 35.5 Å². The van der Waals surface area contributed by atoms with Gasteiger partial charge in [0.1, 0.15) is 18.3 Å². The van der Waals surface area contributed by atoms with E-state index in [1.165, 1.54) is 20.3 Å². The van der Waals surface area contributed by atoms with Crippen LogP contribution in [0.25, 0.3) is 0 Å². The molecule has 0 unspecified atom stereocenters. The molecule has 0 amide bonds. The Labute approximate surface area is 340 Å². The van der Waals surface area contributed by atoms with Gasteiger partial charge < -0.3 is 59.1 Å². The third-order valence-corrected chi connectivity index (χ3v) is 12.3. The van der Waals surface area contributed by atoms with E-state index < -0.39 is 96.8 Å². The molecule has 0 saturated carbocycles. The van der Waals surface area contributed by atoms with Crippen LogP contribution in [0.1, 0.15) is 88.5 Å². The fourth-order valence-electron chi connectivity index (χ4n) is 8.34. The summed E-state index contributed by atoms with van der Waals surface area (Å²) in [4.78, 5) is 13.9. The van der Waals surface area contributed by atoms with Gasteiger partial charge in [-0.15, -0.1) is 0 Å². The van der Waals surface area contributed by atoms with Crippen molar-refractivity contribution in [2.24, 2.45) is 35.5 Å². The highest BCUT2D eigenvalue weighted by molar-refractivity contribution is 5.87. The molecule has 13 heteroatoms. The lowest BCUT2D eigenvalue weighted by molar-refractivity contribution is -0.339. The van der Waals surface area contributed by atoms with E-state index in [2.05, 4.69) is 0 Å². The van der Waals surface area contributed by atoms with Crippen molar-refractivity contribution in [1.82, 2.24) is 0 Å². The van der Waals surface area contributed by atoms with E-state index in [-0.39, 0.29) is 36.4 Å². The van der Waals surface area contributed by atoms with Gasteiger partial charge in [0, 0.05) is 49.5 Å². The predicted octanol–water partition coefficient (Wildman–Crippen LogP) is 4.49. The number of aliphatic hydroxyl groups is 6. The van der Waals surface area contributed by atoms with Crippen LogP contribution in [-0.4, -0.2) is 124 Å². The first-order valence-corrected chi connectivity index (χ1v) is 20.4. The second-order valence-electron chi connectivity index (χ2n) is 16.9. The van der Waals surface area contributed by atoms with Gasteiger partial charge in [-0.1, -0.05) is 89.1 Å². The third-order valence-electron chi connectivity index (χ3n) is 12.3. The number of cyclic esters (lactones) is 1. The SMILES string of the molecule is C/C=C/[C@H]1O[C@@](O)([C@@H](C)[C@H](O)[C@H](C)[C@H]2OC(=O)/C(OC)=C/C(C)=C/[C@@H](C)[C@@H](O)[C@@H](C)[C@@H](O)[C@H](C)C/C(C)=C/C=C/[C@@H]2OC)C[C@H](O[C@H]2C[C@@H](O)[C@H](O)[C@@H](C)O2)[C@@H]1C. The highest BCUT2D eigenvalue weighted by Crippen LogP contribution is 2.42. The molecule has 3 heterocycles. The summed E-state index contributed by atoms with van der Waals surface area (Å²) >= 11 is 0. The summed E-state index contributed by atoms with van der Waals surface area (Å²) in [6.07, 6.45) is 3.15. The monoisotopic (exact) mass is 808 g/mol. The Hall–Kier alpha value is -2.43. The zero-order valence-electron chi connectivity index (χ0n) is 36.0. The van der Waals surface area contributed by atoms with E-state index in [4.69, 9.17) is 28.4 Å². The van der Waals surface area contributed by atoms with E-state index >= 15 is 0 Å². The minimum absolute atomic E-state index is 0.0413. The average molecular weight is 809 g/mol. The highest BCUT2D eigenvalue weighted by atomic mass is 16.7. The second kappa shape index (κ2) is 21.7. The quantitative estimate of drug-likeness (QED) is 0.141. The van der Waals surface area contributed by atoms with Crippen LogP contribution in [0.2, 0.25) is 0 Å². The molecule has 326 valence electrons. The first-order chi connectivity index (χ1) is 26.7. The van der Waals surface area contributed by atoms with Gasteiger partial charge in [-0.25, -0.2) is 4.79 Å². The summed E-state index contributed by atoms with van der Waals surface area (Å²) < 4.78 is 36.1. The number of esters is 1. The van der Waals surface area contributed by atoms with Gasteiger partial charge in [0.2, 0.25) is 5.76 Å². The minimum Gasteiger partial charge on any atom is -0.490 e. The highest BCUT2D eigenvalue weighted by Gasteiger charge is 2.52. The lowest BCUT2D eigenvalue weighted by Crippen LogP contribution is -2.59. The molecule has 0 aromatic heterocycles. The zero-order valence-corrected chi connectivity index (χ0v) is 36.0. The number of aliphatic hydroxyl groups excluding tert-OH is 5. The Kier molecular flexibility index (Phi) is 18.6. The molecular weight excluding hydrogens is 736 g/mol. The lowest BCUT2D eigenvalue weighted by atomic mass is 9.77. The summed E-state index contributed by atoms with van der Waals surface area (Å²) in [6.45, 7) is 18.1. The van der Waals surface area contributed by atoms with E-state index in [0.29, 0.717) is 12.0 Å². The fraction of sp³-hybridized carbons (Fsp3) is 0.750. The molecule has 0 bridgehead atoms. The van der Waals surface area contributed by atoms with E-state index in [9.17, 15) is 35.4 Å². The van der Waals surface area contributed by atoms with Crippen LogP contribution < -0.4 is 0 Å². The maximum Gasteiger partial charge on any atom is 0.373 e. The van der Waals surface area contributed by atoms with Crippen molar-refractivity contribution in [2.45, 2.75) is 162 Å². The molecule has 6 N–H and O–H groups in total. The Morgan fingerprint density at radius 1 is 0.982 bits per heavy atom. The van der Waals surface area contributed by atoms with Gasteiger partial charge in [0.15, 0.2) is 12.1 Å². The number of hydrogen-bond acceptors (Lipinski definition) is 13. The maximum atomic E-state index is 13.9. The van der Waals surface area contributed by atoms with Crippen LogP contribution in [0.3, 0.4) is 0 Å². The molecule has 57 heavy (non-hydrogen) atoms. The summed E-state index contributed by atoms with van der Waals surface area (Å²) in [5, 5.41) is 67.3. The molecule has 3 aliphatic rings. The molecule has 18 atom stereocenters. The predicted molar refractivity (Wildman–Crippen MR) is 215 cm³/mol. The van der Waals surface area contributed by atoms with Gasteiger partial charge in [-0.05, 0) is 46.1 Å². The largest absolute Gasteiger partial charge is 0.490 e. The van der Waals surface area contributed by atoms with E-state index in [0.717, 1.165) is 5.57 Å². The average Bonchev–Trinajstić information content (AvgIpc) is 3.16. The molecule has 0 aromatic carbocycles. The van der Waals surface area contributed by atoms with Crippen molar-refractivity contribution >= 4 is 5.97 Å². The number of allylic oxidation sites excluding steroid dienone is 6. The summed E-state index contributed by atoms with van der Waals surface area (Å²) in [5.74, 6) is -5.84. The maximum absolute atomic E-state index is 13.9. The van der Waals surface area contributed by atoms with Gasteiger partial charge in [0.25, 0.3) is 0 Å². The van der Waals surface area contributed by atoms with Crippen molar-refractivity contribution in [3.8, 4) is 0 Å². The topological polar surface area (TPSA) is 194 Å². The zero-order chi connectivity index (χ0) is 42.9. The van der Waals surface area contributed by atoms with Gasteiger partial charge in [-0.2, -0.15) is 0 Å². The minimum atomic E-state index is -1.93. The first kappa shape index (κ1) is 48.9. The van der Waals surface area contributed by atoms with Crippen molar-refractivity contribution in [1.29, 1.82) is 0 Å². The van der Waals surface area contributed by atoms with Gasteiger partial charge in [-0.3, -0.25) is 0 Å². The van der Waals surface area contributed by atoms with Crippen molar-refractivity contribution in [2.75, 3.05) is 14.2 Å². The van der Waals surface area contributed by atoms with Crippen LogP contribution in [0.5, 0.6) is 0 Å². The van der Waals surface area contributed by atoms with Crippen molar-refractivity contribution in [3.05, 3.63) is 59.4 Å². The van der Waals surface area contributed by atoms with Crippen LogP contribution in [0.4, 0.5) is 0 Å². The number of ether oxygens (including phenoxy) is 6. The summed E-state index contributed by atoms with van der Waals surface area (Å²) in [6, 6.07) is 0. The second-order valence-corrected chi connectivity index (χ2v) is 16.9. The van der Waals surface area contributed by atoms with Gasteiger partial charge in [0.05, 0.1) is 49.8 Å². The molecule has 0 aromatic rings. The molecule has 0 radical (unpaired) electrons. The first-order valence-electron chi connectivity index (χ1n) is 20.4. The number of methoxy groups -OCH3 is 2. The van der Waals surface area contributed by atoms with Crippen LogP contribution >= 0.6 is 0 Å². The fourth-order valence-corrected chi connectivity index (χ4v) is 8.34. The number of carbonyl (C=O) groups is 1. The molecular formula is C44H72O13. The molecule has 3 aliphatic heterocycles. The van der Waals surface area contributed by atoms with E-state index in [1.807, 2.05) is 65.8 Å². The Morgan fingerprint density at radius 3 is 2.25 bits per heavy atom.